The lowest BCUT2D eigenvalue weighted by Crippen LogP contribution is -2.42. The van der Waals surface area contributed by atoms with E-state index in [1.807, 2.05) is 36.4 Å². The normalized spacial score (nSPS) is 15.9. The van der Waals surface area contributed by atoms with E-state index in [0.717, 1.165) is 29.4 Å². The van der Waals surface area contributed by atoms with Gasteiger partial charge in [0.1, 0.15) is 11.6 Å². The molecule has 0 saturated carbocycles. The molecule has 0 spiro atoms. The molecule has 4 rings (SSSR count). The third kappa shape index (κ3) is 5.28. The average Bonchev–Trinajstić information content (AvgIpc) is 2.86. The number of amides is 1. The van der Waals surface area contributed by atoms with Gasteiger partial charge in [-0.05, 0) is 66.1 Å². The molecule has 3 aromatic carbocycles. The van der Waals surface area contributed by atoms with Crippen LogP contribution < -0.4 is 4.74 Å². The van der Waals surface area contributed by atoms with E-state index in [2.05, 4.69) is 0 Å². The first kappa shape index (κ1) is 22.6. The summed E-state index contributed by atoms with van der Waals surface area (Å²) in [5, 5.41) is 1.96. The fourth-order valence-corrected chi connectivity index (χ4v) is 4.32. The number of ether oxygens (including phenoxy) is 1. The van der Waals surface area contributed by atoms with Crippen LogP contribution in [-0.2, 0) is 4.79 Å². The highest BCUT2D eigenvalue weighted by molar-refractivity contribution is 6.02. The first-order chi connectivity index (χ1) is 15.9. The van der Waals surface area contributed by atoms with Gasteiger partial charge in [-0.25, -0.2) is 4.39 Å². The van der Waals surface area contributed by atoms with Crippen molar-refractivity contribution < 1.29 is 23.5 Å². The zero-order valence-corrected chi connectivity index (χ0v) is 18.6. The van der Waals surface area contributed by atoms with E-state index in [1.165, 1.54) is 24.3 Å². The Morgan fingerprint density at radius 2 is 1.64 bits per heavy atom. The molecular formula is C27H26FNO4. The predicted octanol–water partition coefficient (Wildman–Crippen LogP) is 5.07. The lowest BCUT2D eigenvalue weighted by atomic mass is 9.89. The lowest BCUT2D eigenvalue weighted by molar-refractivity contribution is -0.132. The summed E-state index contributed by atoms with van der Waals surface area (Å²) in [6, 6.07) is 16.7. The zero-order chi connectivity index (χ0) is 23.4. The molecule has 1 aliphatic heterocycles. The summed E-state index contributed by atoms with van der Waals surface area (Å²) in [5.41, 5.74) is 1.03. The average molecular weight is 448 g/mol. The maximum atomic E-state index is 13.2. The van der Waals surface area contributed by atoms with E-state index in [0.29, 0.717) is 24.2 Å². The summed E-state index contributed by atoms with van der Waals surface area (Å²) in [6.45, 7) is 0.952. The van der Waals surface area contributed by atoms with E-state index in [4.69, 9.17) is 4.74 Å². The van der Waals surface area contributed by atoms with Gasteiger partial charge in [0.25, 0.3) is 0 Å². The summed E-state index contributed by atoms with van der Waals surface area (Å²) in [4.78, 5) is 39.9. The van der Waals surface area contributed by atoms with Crippen LogP contribution in [0.25, 0.3) is 10.8 Å². The van der Waals surface area contributed by atoms with Crippen LogP contribution in [0.3, 0.4) is 0 Å². The van der Waals surface area contributed by atoms with Crippen LogP contribution >= 0.6 is 0 Å². The highest BCUT2D eigenvalue weighted by Gasteiger charge is 2.29. The number of carbonyl (C=O) groups is 3. The molecule has 1 fully saturated rings. The first-order valence-corrected chi connectivity index (χ1v) is 11.1. The van der Waals surface area contributed by atoms with Gasteiger partial charge in [-0.2, -0.15) is 0 Å². The standard InChI is InChI=1S/C27H26FNO4/c1-33-24-11-8-19-15-21(5-4-20(19)16-24)27(32)22-3-2-14-29(17-22)26(31)13-12-25(30)18-6-9-23(28)10-7-18/h4-11,15-16,22H,2-3,12-14,17H2,1H3/t22-/m1/s1. The quantitative estimate of drug-likeness (QED) is 0.474. The van der Waals surface area contributed by atoms with Crippen molar-refractivity contribution in [3.05, 3.63) is 77.6 Å². The molecule has 0 unspecified atom stereocenters. The monoisotopic (exact) mass is 447 g/mol. The Hall–Kier alpha value is -3.54. The van der Waals surface area contributed by atoms with Crippen molar-refractivity contribution in [2.75, 3.05) is 20.2 Å². The number of Topliss-reactive ketones (excluding diaryl/α,β-unsaturated/α-hetero) is 2. The Bertz CT molecular complexity index is 1190. The molecular weight excluding hydrogens is 421 g/mol. The largest absolute Gasteiger partial charge is 0.497 e. The second-order valence-electron chi connectivity index (χ2n) is 8.40. The summed E-state index contributed by atoms with van der Waals surface area (Å²) < 4.78 is 18.3. The molecule has 0 aliphatic carbocycles. The van der Waals surface area contributed by atoms with Crippen molar-refractivity contribution in [2.45, 2.75) is 25.7 Å². The molecule has 1 amide bonds. The SMILES string of the molecule is COc1ccc2cc(C(=O)[C@@H]3CCCN(C(=O)CCC(=O)c4ccc(F)cc4)C3)ccc2c1. The number of fused-ring (bicyclic) bond motifs is 1. The zero-order valence-electron chi connectivity index (χ0n) is 18.6. The van der Waals surface area contributed by atoms with Crippen LogP contribution in [-0.4, -0.2) is 42.6 Å². The molecule has 1 aliphatic rings. The van der Waals surface area contributed by atoms with Crippen LogP contribution in [0.5, 0.6) is 5.75 Å². The topological polar surface area (TPSA) is 63.7 Å². The Labute approximate surface area is 192 Å². The molecule has 5 nitrogen and oxygen atoms in total. The summed E-state index contributed by atoms with van der Waals surface area (Å²) in [7, 11) is 1.62. The molecule has 3 aromatic rings. The number of likely N-dealkylation sites (tertiary alicyclic amines) is 1. The molecule has 1 heterocycles. The fourth-order valence-electron chi connectivity index (χ4n) is 4.32. The minimum absolute atomic E-state index is 0.0348. The number of halogens is 1. The van der Waals surface area contributed by atoms with Crippen molar-refractivity contribution in [3.8, 4) is 5.75 Å². The van der Waals surface area contributed by atoms with Gasteiger partial charge in [0.05, 0.1) is 7.11 Å². The summed E-state index contributed by atoms with van der Waals surface area (Å²) >= 11 is 0. The number of rotatable bonds is 7. The van der Waals surface area contributed by atoms with Gasteiger partial charge in [0, 0.05) is 43.0 Å². The maximum Gasteiger partial charge on any atom is 0.223 e. The van der Waals surface area contributed by atoms with E-state index in [1.54, 1.807) is 12.0 Å². The number of benzene rings is 3. The predicted molar refractivity (Wildman–Crippen MR) is 124 cm³/mol. The molecule has 1 atom stereocenters. The van der Waals surface area contributed by atoms with E-state index in [-0.39, 0.29) is 36.2 Å². The van der Waals surface area contributed by atoms with Crippen molar-refractivity contribution in [1.82, 2.24) is 4.90 Å². The molecule has 6 heteroatoms. The number of piperidine rings is 1. The number of carbonyl (C=O) groups excluding carboxylic acids is 3. The fraction of sp³-hybridized carbons (Fsp3) is 0.296. The number of hydrogen-bond acceptors (Lipinski definition) is 4. The number of nitrogens with zero attached hydrogens (tertiary/aromatic N) is 1. The third-order valence-corrected chi connectivity index (χ3v) is 6.21. The van der Waals surface area contributed by atoms with Crippen LogP contribution in [0.1, 0.15) is 46.4 Å². The van der Waals surface area contributed by atoms with Gasteiger partial charge in [-0.3, -0.25) is 14.4 Å². The Balaban J connectivity index is 1.37. The minimum atomic E-state index is -0.405. The third-order valence-electron chi connectivity index (χ3n) is 6.21. The first-order valence-electron chi connectivity index (χ1n) is 11.1. The molecule has 0 bridgehead atoms. The molecule has 0 N–H and O–H groups in total. The Morgan fingerprint density at radius 3 is 2.39 bits per heavy atom. The van der Waals surface area contributed by atoms with E-state index < -0.39 is 5.82 Å². The van der Waals surface area contributed by atoms with Crippen molar-refractivity contribution >= 4 is 28.2 Å². The van der Waals surface area contributed by atoms with Crippen LogP contribution in [0.15, 0.2) is 60.7 Å². The minimum Gasteiger partial charge on any atom is -0.497 e. The van der Waals surface area contributed by atoms with E-state index >= 15 is 0 Å². The van der Waals surface area contributed by atoms with Gasteiger partial charge in [0.15, 0.2) is 11.6 Å². The van der Waals surface area contributed by atoms with Crippen LogP contribution in [0, 0.1) is 11.7 Å². The molecule has 170 valence electrons. The van der Waals surface area contributed by atoms with Crippen molar-refractivity contribution in [2.24, 2.45) is 5.92 Å². The molecule has 33 heavy (non-hydrogen) atoms. The molecule has 0 aromatic heterocycles. The Kier molecular flexibility index (Phi) is 6.82. The lowest BCUT2D eigenvalue weighted by Gasteiger charge is -2.32. The summed E-state index contributed by atoms with van der Waals surface area (Å²) in [5.74, 6) is -0.188. The van der Waals surface area contributed by atoms with Gasteiger partial charge < -0.3 is 9.64 Å². The molecule has 1 saturated heterocycles. The number of methoxy groups -OCH3 is 1. The van der Waals surface area contributed by atoms with Crippen LogP contribution in [0.2, 0.25) is 0 Å². The summed E-state index contributed by atoms with van der Waals surface area (Å²) in [6.07, 6.45) is 1.62. The Morgan fingerprint density at radius 1 is 0.939 bits per heavy atom. The van der Waals surface area contributed by atoms with Crippen molar-refractivity contribution in [1.29, 1.82) is 0 Å². The molecule has 0 radical (unpaired) electrons. The maximum absolute atomic E-state index is 13.2. The number of ketones is 2. The van der Waals surface area contributed by atoms with Crippen LogP contribution in [0.4, 0.5) is 4.39 Å². The smallest absolute Gasteiger partial charge is 0.223 e. The van der Waals surface area contributed by atoms with Crippen molar-refractivity contribution in [3.63, 3.8) is 0 Å². The van der Waals surface area contributed by atoms with E-state index in [9.17, 15) is 18.8 Å². The highest BCUT2D eigenvalue weighted by atomic mass is 19.1. The second kappa shape index (κ2) is 9.94. The van der Waals surface area contributed by atoms with Gasteiger partial charge in [-0.15, -0.1) is 0 Å². The number of hydrogen-bond donors (Lipinski definition) is 0. The second-order valence-corrected chi connectivity index (χ2v) is 8.40. The van der Waals surface area contributed by atoms with Gasteiger partial charge in [-0.1, -0.05) is 18.2 Å². The van der Waals surface area contributed by atoms with Gasteiger partial charge >= 0.3 is 0 Å². The highest BCUT2D eigenvalue weighted by Crippen LogP contribution is 2.26. The van der Waals surface area contributed by atoms with Gasteiger partial charge in [0.2, 0.25) is 5.91 Å².